The molecule has 0 bridgehead atoms. The van der Waals surface area contributed by atoms with Crippen molar-refractivity contribution < 1.29 is 0 Å². The monoisotopic (exact) mass is 249 g/mol. The third-order valence-electron chi connectivity index (χ3n) is 2.67. The fraction of sp³-hybridized carbons (Fsp3) is 0.308. The number of pyridine rings is 1. The van der Waals surface area contributed by atoms with Crippen molar-refractivity contribution in [2.75, 3.05) is 18.4 Å². The van der Waals surface area contributed by atoms with Crippen LogP contribution in [0.2, 0.25) is 5.02 Å². The Bertz CT molecular complexity index is 499. The van der Waals surface area contributed by atoms with E-state index in [1.807, 2.05) is 24.3 Å². The van der Waals surface area contributed by atoms with Crippen LogP contribution in [0.1, 0.15) is 12.8 Å². The molecule has 0 aliphatic heterocycles. The molecule has 3 nitrogen and oxygen atoms in total. The second-order valence-electron chi connectivity index (χ2n) is 3.92. The van der Waals surface area contributed by atoms with Gasteiger partial charge in [0.1, 0.15) is 0 Å². The average Bonchev–Trinajstić information content (AvgIpc) is 2.36. The third kappa shape index (κ3) is 2.87. The summed E-state index contributed by atoms with van der Waals surface area (Å²) >= 11 is 6.11. The number of anilines is 1. The van der Waals surface area contributed by atoms with Gasteiger partial charge in [0.05, 0.1) is 10.5 Å². The topological polar surface area (TPSA) is 50.9 Å². The fourth-order valence-corrected chi connectivity index (χ4v) is 2.01. The zero-order chi connectivity index (χ0) is 12.1. The van der Waals surface area contributed by atoms with E-state index in [4.69, 9.17) is 17.3 Å². The molecule has 1 heterocycles. The quantitative estimate of drug-likeness (QED) is 0.801. The molecule has 0 saturated heterocycles. The molecule has 3 N–H and O–H groups in total. The predicted molar refractivity (Wildman–Crippen MR) is 73.5 cm³/mol. The SMILES string of the molecule is NCCCCNc1ccnc2c(Cl)cccc12. The summed E-state index contributed by atoms with van der Waals surface area (Å²) in [6.45, 7) is 1.66. The summed E-state index contributed by atoms with van der Waals surface area (Å²) in [5.74, 6) is 0. The van der Waals surface area contributed by atoms with E-state index >= 15 is 0 Å². The molecule has 0 spiro atoms. The van der Waals surface area contributed by atoms with Gasteiger partial charge in [0.15, 0.2) is 0 Å². The van der Waals surface area contributed by atoms with Crippen molar-refractivity contribution in [3.8, 4) is 0 Å². The highest BCUT2D eigenvalue weighted by Crippen LogP contribution is 2.26. The van der Waals surface area contributed by atoms with Crippen molar-refractivity contribution in [2.24, 2.45) is 5.73 Å². The standard InChI is InChI=1S/C13H16ClN3/c14-11-5-3-4-10-12(6-9-17-13(10)11)16-8-2-1-7-15/h3-6,9H,1-2,7-8,15H2,(H,16,17). The summed E-state index contributed by atoms with van der Waals surface area (Å²) in [6, 6.07) is 7.80. The molecule has 0 atom stereocenters. The van der Waals surface area contributed by atoms with E-state index in [2.05, 4.69) is 10.3 Å². The van der Waals surface area contributed by atoms with Crippen molar-refractivity contribution in [2.45, 2.75) is 12.8 Å². The number of nitrogens with zero attached hydrogens (tertiary/aromatic N) is 1. The van der Waals surface area contributed by atoms with E-state index in [0.29, 0.717) is 5.02 Å². The van der Waals surface area contributed by atoms with Crippen molar-refractivity contribution in [3.05, 3.63) is 35.5 Å². The van der Waals surface area contributed by atoms with Crippen LogP contribution in [-0.4, -0.2) is 18.1 Å². The van der Waals surface area contributed by atoms with Gasteiger partial charge in [0, 0.05) is 23.8 Å². The minimum atomic E-state index is 0.688. The van der Waals surface area contributed by atoms with Crippen LogP contribution in [0, 0.1) is 0 Å². The summed E-state index contributed by atoms with van der Waals surface area (Å²) in [5.41, 5.74) is 7.39. The first-order chi connectivity index (χ1) is 8.33. The lowest BCUT2D eigenvalue weighted by Gasteiger charge is -2.09. The maximum atomic E-state index is 6.11. The molecule has 0 aliphatic rings. The Kier molecular flexibility index (Phi) is 4.18. The summed E-state index contributed by atoms with van der Waals surface area (Å²) in [4.78, 5) is 4.29. The molecule has 0 unspecified atom stereocenters. The first-order valence-corrected chi connectivity index (χ1v) is 6.18. The van der Waals surface area contributed by atoms with Crippen LogP contribution in [-0.2, 0) is 0 Å². The lowest BCUT2D eigenvalue weighted by atomic mass is 10.2. The molecule has 2 aromatic rings. The van der Waals surface area contributed by atoms with E-state index < -0.39 is 0 Å². The van der Waals surface area contributed by atoms with Gasteiger partial charge in [-0.05, 0) is 31.5 Å². The first kappa shape index (κ1) is 12.1. The van der Waals surface area contributed by atoms with E-state index in [-0.39, 0.29) is 0 Å². The normalized spacial score (nSPS) is 10.7. The molecule has 1 aromatic heterocycles. The van der Waals surface area contributed by atoms with Gasteiger partial charge in [-0.25, -0.2) is 0 Å². The van der Waals surface area contributed by atoms with E-state index in [9.17, 15) is 0 Å². The number of para-hydroxylation sites is 1. The molecule has 0 aliphatic carbocycles. The Balaban J connectivity index is 2.19. The fourth-order valence-electron chi connectivity index (χ4n) is 1.79. The van der Waals surface area contributed by atoms with E-state index in [1.165, 1.54) is 0 Å². The van der Waals surface area contributed by atoms with Gasteiger partial charge >= 0.3 is 0 Å². The van der Waals surface area contributed by atoms with Crippen LogP contribution in [0.15, 0.2) is 30.5 Å². The summed E-state index contributed by atoms with van der Waals surface area (Å²) < 4.78 is 0. The number of nitrogens with one attached hydrogen (secondary N) is 1. The van der Waals surface area contributed by atoms with Crippen molar-refractivity contribution >= 4 is 28.2 Å². The van der Waals surface area contributed by atoms with E-state index in [0.717, 1.165) is 42.5 Å². The largest absolute Gasteiger partial charge is 0.384 e. The van der Waals surface area contributed by atoms with Gasteiger partial charge < -0.3 is 11.1 Å². The highest BCUT2D eigenvalue weighted by atomic mass is 35.5. The molecule has 0 fully saturated rings. The number of unbranched alkanes of at least 4 members (excludes halogenated alkanes) is 1. The minimum Gasteiger partial charge on any atom is -0.384 e. The Morgan fingerprint density at radius 1 is 1.24 bits per heavy atom. The first-order valence-electron chi connectivity index (χ1n) is 5.80. The van der Waals surface area contributed by atoms with Gasteiger partial charge in [0.2, 0.25) is 0 Å². The Labute approximate surface area is 106 Å². The molecule has 0 radical (unpaired) electrons. The van der Waals surface area contributed by atoms with Crippen molar-refractivity contribution in [1.82, 2.24) is 4.98 Å². The number of nitrogens with two attached hydrogens (primary N) is 1. The van der Waals surface area contributed by atoms with E-state index in [1.54, 1.807) is 6.20 Å². The second kappa shape index (κ2) is 5.84. The van der Waals surface area contributed by atoms with Gasteiger partial charge in [-0.2, -0.15) is 0 Å². The van der Waals surface area contributed by atoms with Crippen LogP contribution in [0.4, 0.5) is 5.69 Å². The Morgan fingerprint density at radius 3 is 2.94 bits per heavy atom. The molecule has 17 heavy (non-hydrogen) atoms. The minimum absolute atomic E-state index is 0.688. The van der Waals surface area contributed by atoms with Crippen LogP contribution in [0.3, 0.4) is 0 Å². The smallest absolute Gasteiger partial charge is 0.0908 e. The molecule has 0 amide bonds. The summed E-state index contributed by atoms with van der Waals surface area (Å²) in [6.07, 6.45) is 3.89. The van der Waals surface area contributed by atoms with Gasteiger partial charge in [-0.15, -0.1) is 0 Å². The van der Waals surface area contributed by atoms with Crippen LogP contribution >= 0.6 is 11.6 Å². The number of hydrogen-bond acceptors (Lipinski definition) is 3. The molecular weight excluding hydrogens is 234 g/mol. The number of benzene rings is 1. The molecule has 1 aromatic carbocycles. The molecule has 4 heteroatoms. The van der Waals surface area contributed by atoms with Gasteiger partial charge in [0.25, 0.3) is 0 Å². The van der Waals surface area contributed by atoms with Crippen molar-refractivity contribution in [3.63, 3.8) is 0 Å². The Morgan fingerprint density at radius 2 is 2.12 bits per heavy atom. The lowest BCUT2D eigenvalue weighted by Crippen LogP contribution is -2.06. The number of halogens is 1. The highest BCUT2D eigenvalue weighted by molar-refractivity contribution is 6.35. The molecule has 0 saturated carbocycles. The highest BCUT2D eigenvalue weighted by Gasteiger charge is 2.03. The Hall–Kier alpha value is -1.32. The molecular formula is C13H16ClN3. The zero-order valence-corrected chi connectivity index (χ0v) is 10.4. The summed E-state index contributed by atoms with van der Waals surface area (Å²) in [7, 11) is 0. The van der Waals surface area contributed by atoms with Crippen LogP contribution in [0.25, 0.3) is 10.9 Å². The lowest BCUT2D eigenvalue weighted by molar-refractivity contribution is 0.774. The molecule has 90 valence electrons. The molecule has 2 rings (SSSR count). The maximum absolute atomic E-state index is 6.11. The number of hydrogen-bond donors (Lipinski definition) is 2. The second-order valence-corrected chi connectivity index (χ2v) is 4.32. The zero-order valence-electron chi connectivity index (χ0n) is 9.62. The average molecular weight is 250 g/mol. The third-order valence-corrected chi connectivity index (χ3v) is 2.97. The predicted octanol–water partition coefficient (Wildman–Crippen LogP) is 3.04. The summed E-state index contributed by atoms with van der Waals surface area (Å²) in [5, 5.41) is 5.15. The van der Waals surface area contributed by atoms with Crippen molar-refractivity contribution in [1.29, 1.82) is 0 Å². The van der Waals surface area contributed by atoms with Gasteiger partial charge in [-0.1, -0.05) is 23.7 Å². The van der Waals surface area contributed by atoms with Crippen LogP contribution in [0.5, 0.6) is 0 Å². The van der Waals surface area contributed by atoms with Crippen LogP contribution < -0.4 is 11.1 Å². The van der Waals surface area contributed by atoms with Gasteiger partial charge in [-0.3, -0.25) is 4.98 Å². The number of aromatic nitrogens is 1. The number of fused-ring (bicyclic) bond motifs is 1. The number of rotatable bonds is 5. The maximum Gasteiger partial charge on any atom is 0.0908 e.